The summed E-state index contributed by atoms with van der Waals surface area (Å²) >= 11 is 5.56. The molecular weight excluding hydrogens is 457 g/mol. The molecule has 3 aromatic heterocycles. The van der Waals surface area contributed by atoms with Gasteiger partial charge in [-0.2, -0.15) is 0 Å². The van der Waals surface area contributed by atoms with Crippen LogP contribution in [0.3, 0.4) is 0 Å². The molecule has 0 aliphatic heterocycles. The topological polar surface area (TPSA) is 0 Å². The van der Waals surface area contributed by atoms with E-state index in [1.807, 2.05) is 34.0 Å². The Bertz CT molecular complexity index is 1490. The van der Waals surface area contributed by atoms with E-state index in [-0.39, 0.29) is 0 Å². The highest BCUT2D eigenvalue weighted by molar-refractivity contribution is 7.26. The van der Waals surface area contributed by atoms with Gasteiger partial charge >= 0.3 is 0 Å². The lowest BCUT2D eigenvalue weighted by Crippen LogP contribution is -1.79. The molecule has 3 heteroatoms. The molecule has 6 rings (SSSR count). The zero-order chi connectivity index (χ0) is 22.0. The normalized spacial score (nSPS) is 11.0. The maximum atomic E-state index is 2.38. The van der Waals surface area contributed by atoms with Crippen molar-refractivity contribution in [3.63, 3.8) is 0 Å². The van der Waals surface area contributed by atoms with Crippen molar-refractivity contribution in [1.29, 1.82) is 0 Å². The van der Waals surface area contributed by atoms with Crippen LogP contribution in [-0.2, 0) is 0 Å². The molecule has 0 nitrogen and oxygen atoms in total. The first-order chi connectivity index (χ1) is 16.4. The van der Waals surface area contributed by atoms with Crippen molar-refractivity contribution in [2.75, 3.05) is 0 Å². The Labute approximate surface area is 206 Å². The monoisotopic (exact) mass is 476 g/mol. The third kappa shape index (κ3) is 4.00. The van der Waals surface area contributed by atoms with Crippen molar-refractivity contribution >= 4 is 34.0 Å². The van der Waals surface area contributed by atoms with Crippen LogP contribution in [0.1, 0.15) is 0 Å². The van der Waals surface area contributed by atoms with Crippen LogP contribution in [-0.4, -0.2) is 0 Å². The Balaban J connectivity index is 1.49. The van der Waals surface area contributed by atoms with Crippen molar-refractivity contribution in [2.24, 2.45) is 0 Å². The van der Waals surface area contributed by atoms with Crippen molar-refractivity contribution in [2.45, 2.75) is 0 Å². The predicted octanol–water partition coefficient (Wildman–Crippen LogP) is 10.2. The van der Waals surface area contributed by atoms with Crippen molar-refractivity contribution < 1.29 is 0 Å². The van der Waals surface area contributed by atoms with Crippen LogP contribution >= 0.6 is 34.0 Å². The van der Waals surface area contributed by atoms with Gasteiger partial charge in [-0.25, -0.2) is 0 Å². The van der Waals surface area contributed by atoms with E-state index in [1.165, 1.54) is 52.9 Å². The average Bonchev–Trinajstić information content (AvgIpc) is 3.65. The van der Waals surface area contributed by atoms with Gasteiger partial charge in [0.1, 0.15) is 0 Å². The second kappa shape index (κ2) is 8.95. The van der Waals surface area contributed by atoms with Gasteiger partial charge in [0.15, 0.2) is 0 Å². The van der Waals surface area contributed by atoms with E-state index in [4.69, 9.17) is 0 Å². The second-order valence-corrected chi connectivity index (χ2v) is 10.7. The summed E-state index contributed by atoms with van der Waals surface area (Å²) in [6.45, 7) is 0. The summed E-state index contributed by atoms with van der Waals surface area (Å²) in [4.78, 5) is 5.33. The zero-order valence-corrected chi connectivity index (χ0v) is 20.2. The number of rotatable bonds is 5. The molecule has 0 spiro atoms. The first-order valence-electron chi connectivity index (χ1n) is 10.8. The number of benzene rings is 3. The van der Waals surface area contributed by atoms with Crippen molar-refractivity contribution in [1.82, 2.24) is 0 Å². The van der Waals surface area contributed by atoms with E-state index < -0.39 is 0 Å². The molecular formula is C30H20S3. The van der Waals surface area contributed by atoms with Gasteiger partial charge in [0.25, 0.3) is 0 Å². The Hall–Kier alpha value is -3.24. The average molecular weight is 477 g/mol. The Morgan fingerprint density at radius 1 is 0.424 bits per heavy atom. The van der Waals surface area contributed by atoms with E-state index in [9.17, 15) is 0 Å². The molecule has 6 aromatic rings. The summed E-state index contributed by atoms with van der Waals surface area (Å²) in [5.74, 6) is 0. The van der Waals surface area contributed by atoms with Crippen LogP contribution in [0.4, 0.5) is 0 Å². The van der Waals surface area contributed by atoms with Crippen LogP contribution in [0, 0.1) is 0 Å². The second-order valence-electron chi connectivity index (χ2n) is 7.81. The Morgan fingerprint density at radius 2 is 1.03 bits per heavy atom. The standard InChI is InChI=1S/C30H20S3/c1-4-10-21(11-5-1)24-18-27(32-20-24)28-19-26(23-14-8-3-9-15-23)30(33-28)29-25(16-17-31-29)22-12-6-2-7-13-22/h1-20H. The SMILES string of the molecule is c1ccc(-c2csc(-c3cc(-c4ccccc4)c(-c4sccc4-c4ccccc4)s3)c2)cc1. The number of hydrogen-bond acceptors (Lipinski definition) is 3. The minimum absolute atomic E-state index is 1.27. The van der Waals surface area contributed by atoms with Crippen LogP contribution < -0.4 is 0 Å². The van der Waals surface area contributed by atoms with Gasteiger partial charge in [-0.3, -0.25) is 0 Å². The summed E-state index contributed by atoms with van der Waals surface area (Å²) in [5, 5.41) is 4.48. The van der Waals surface area contributed by atoms with Gasteiger partial charge in [-0.05, 0) is 51.2 Å². The molecule has 3 aromatic carbocycles. The molecule has 3 heterocycles. The van der Waals surface area contributed by atoms with Gasteiger partial charge in [0.05, 0.1) is 9.75 Å². The Kier molecular flexibility index (Phi) is 5.53. The summed E-state index contributed by atoms with van der Waals surface area (Å²) in [6.07, 6.45) is 0. The van der Waals surface area contributed by atoms with E-state index in [0.717, 1.165) is 0 Å². The largest absolute Gasteiger partial charge is 0.142 e. The minimum Gasteiger partial charge on any atom is -0.142 e. The van der Waals surface area contributed by atoms with E-state index in [0.29, 0.717) is 0 Å². The van der Waals surface area contributed by atoms with E-state index in [1.54, 1.807) is 0 Å². The number of hydrogen-bond donors (Lipinski definition) is 0. The zero-order valence-electron chi connectivity index (χ0n) is 17.8. The van der Waals surface area contributed by atoms with Crippen LogP contribution in [0.2, 0.25) is 0 Å². The van der Waals surface area contributed by atoms with Gasteiger partial charge < -0.3 is 0 Å². The van der Waals surface area contributed by atoms with Gasteiger partial charge in [-0.1, -0.05) is 91.0 Å². The maximum Gasteiger partial charge on any atom is 0.0534 e. The third-order valence-electron chi connectivity index (χ3n) is 5.72. The first kappa shape index (κ1) is 20.4. The fraction of sp³-hybridized carbons (Fsp3) is 0. The predicted molar refractivity (Wildman–Crippen MR) is 147 cm³/mol. The van der Waals surface area contributed by atoms with Gasteiger partial charge in [-0.15, -0.1) is 34.0 Å². The maximum absolute atomic E-state index is 2.38. The summed E-state index contributed by atoms with van der Waals surface area (Å²) in [7, 11) is 0. The fourth-order valence-corrected chi connectivity index (χ4v) is 7.37. The van der Waals surface area contributed by atoms with Crippen LogP contribution in [0.5, 0.6) is 0 Å². The molecule has 0 saturated heterocycles. The molecule has 0 unspecified atom stereocenters. The molecule has 0 radical (unpaired) electrons. The first-order valence-corrected chi connectivity index (χ1v) is 13.4. The molecule has 0 aliphatic rings. The van der Waals surface area contributed by atoms with Crippen molar-refractivity contribution in [3.8, 4) is 52.9 Å². The molecule has 0 N–H and O–H groups in total. The molecule has 0 saturated carbocycles. The fourth-order valence-electron chi connectivity index (χ4n) is 4.09. The molecule has 0 amide bonds. The highest BCUT2D eigenvalue weighted by atomic mass is 32.1. The molecule has 0 aliphatic carbocycles. The van der Waals surface area contributed by atoms with Gasteiger partial charge in [0.2, 0.25) is 0 Å². The molecule has 158 valence electrons. The lowest BCUT2D eigenvalue weighted by molar-refractivity contribution is 1.66. The molecule has 0 fully saturated rings. The lowest BCUT2D eigenvalue weighted by atomic mass is 10.0. The highest BCUT2D eigenvalue weighted by Crippen LogP contribution is 2.49. The number of thiophene rings is 3. The minimum atomic E-state index is 1.27. The highest BCUT2D eigenvalue weighted by Gasteiger charge is 2.19. The molecule has 33 heavy (non-hydrogen) atoms. The molecule has 0 bridgehead atoms. The lowest BCUT2D eigenvalue weighted by Gasteiger charge is -2.06. The molecule has 0 atom stereocenters. The summed E-state index contributed by atoms with van der Waals surface area (Å²) in [6, 6.07) is 39.1. The van der Waals surface area contributed by atoms with Crippen LogP contribution in [0.25, 0.3) is 52.9 Å². The quantitative estimate of drug-likeness (QED) is 0.232. The van der Waals surface area contributed by atoms with E-state index in [2.05, 4.69) is 120 Å². The smallest absolute Gasteiger partial charge is 0.0534 e. The van der Waals surface area contributed by atoms with E-state index >= 15 is 0 Å². The summed E-state index contributed by atoms with van der Waals surface area (Å²) < 4.78 is 0. The Morgan fingerprint density at radius 3 is 1.70 bits per heavy atom. The van der Waals surface area contributed by atoms with Crippen LogP contribution in [0.15, 0.2) is 120 Å². The third-order valence-corrected chi connectivity index (χ3v) is 9.06. The van der Waals surface area contributed by atoms with Crippen molar-refractivity contribution in [3.05, 3.63) is 120 Å². The summed E-state index contributed by atoms with van der Waals surface area (Å²) in [5.41, 5.74) is 7.71. The van der Waals surface area contributed by atoms with Gasteiger partial charge in [0, 0.05) is 20.9 Å².